The zero-order valence-corrected chi connectivity index (χ0v) is 15.1. The lowest BCUT2D eigenvalue weighted by Gasteiger charge is -2.26. The van der Waals surface area contributed by atoms with Crippen molar-refractivity contribution < 1.29 is 14.6 Å². The van der Waals surface area contributed by atoms with E-state index in [2.05, 4.69) is 26.6 Å². The maximum absolute atomic E-state index is 12.1. The van der Waals surface area contributed by atoms with Gasteiger partial charge in [-0.25, -0.2) is 4.79 Å². The summed E-state index contributed by atoms with van der Waals surface area (Å²) in [5.74, 6) is 0.000663. The average molecular weight is 331 g/mol. The molecule has 124 valence electrons. The first-order valence-electron chi connectivity index (χ1n) is 8.25. The van der Waals surface area contributed by atoms with E-state index in [1.807, 2.05) is 23.5 Å². The van der Waals surface area contributed by atoms with Crippen molar-refractivity contribution in [3.05, 3.63) is 54.4 Å². The highest BCUT2D eigenvalue weighted by atomic mass is 28.3. The fourth-order valence-electron chi connectivity index (χ4n) is 2.86. The monoisotopic (exact) mass is 330 g/mol. The Morgan fingerprint density at radius 1 is 1.17 bits per heavy atom. The van der Waals surface area contributed by atoms with Gasteiger partial charge in [-0.3, -0.25) is 4.89 Å². The lowest BCUT2D eigenvalue weighted by molar-refractivity contribution is -0.289. The Labute approximate surface area is 139 Å². The van der Waals surface area contributed by atoms with Crippen molar-refractivity contribution in [2.45, 2.75) is 45.3 Å². The molecule has 1 aromatic rings. The van der Waals surface area contributed by atoms with Crippen LogP contribution in [-0.4, -0.2) is 20.1 Å². The molecule has 0 aliphatic heterocycles. The maximum atomic E-state index is 12.1. The van der Waals surface area contributed by atoms with Crippen LogP contribution in [0.25, 0.3) is 0 Å². The van der Waals surface area contributed by atoms with E-state index in [0.29, 0.717) is 11.5 Å². The zero-order valence-electron chi connectivity index (χ0n) is 14.1. The van der Waals surface area contributed by atoms with Crippen molar-refractivity contribution >= 4 is 19.2 Å². The molecule has 2 atom stereocenters. The molecule has 1 saturated carbocycles. The molecule has 3 nitrogen and oxygen atoms in total. The van der Waals surface area contributed by atoms with Gasteiger partial charge in [0, 0.05) is 0 Å². The Balaban J connectivity index is 1.97. The van der Waals surface area contributed by atoms with Crippen LogP contribution in [-0.2, 0) is 9.78 Å². The van der Waals surface area contributed by atoms with Crippen LogP contribution in [0.3, 0.4) is 0 Å². The molecule has 1 aromatic carbocycles. The topological polar surface area (TPSA) is 35.5 Å². The first-order chi connectivity index (χ1) is 11.0. The number of rotatable bonds is 6. The van der Waals surface area contributed by atoms with Crippen molar-refractivity contribution in [1.82, 2.24) is 0 Å². The van der Waals surface area contributed by atoms with Crippen LogP contribution in [0, 0.1) is 5.92 Å². The Morgan fingerprint density at radius 3 is 2.35 bits per heavy atom. The highest BCUT2D eigenvalue weighted by Gasteiger charge is 2.25. The summed E-state index contributed by atoms with van der Waals surface area (Å²) in [4.78, 5) is 22.5. The lowest BCUT2D eigenvalue weighted by atomic mass is 9.88. The molecule has 0 spiro atoms. The van der Waals surface area contributed by atoms with Crippen molar-refractivity contribution in [2.24, 2.45) is 5.92 Å². The molecule has 2 unspecified atom stereocenters. The van der Waals surface area contributed by atoms with Crippen LogP contribution in [0.4, 0.5) is 0 Å². The first kappa shape index (κ1) is 17.7. The average Bonchev–Trinajstić information content (AvgIpc) is 2.60. The summed E-state index contributed by atoms with van der Waals surface area (Å²) in [5, 5.41) is 1.17. The normalized spacial score (nSPS) is 21.5. The third-order valence-electron chi connectivity index (χ3n) is 4.87. The van der Waals surface area contributed by atoms with Crippen LogP contribution in [0.5, 0.6) is 0 Å². The third-order valence-corrected chi connectivity index (χ3v) is 8.14. The fourth-order valence-corrected chi connectivity index (χ4v) is 4.39. The predicted molar refractivity (Wildman–Crippen MR) is 96.0 cm³/mol. The molecule has 0 amide bonds. The second kappa shape index (κ2) is 7.75. The minimum absolute atomic E-state index is 0.0178. The SMILES string of the molecule is C=C[Si](C)(C=C)c1ccc(C(=O)OOC2CCCCC2C)cc1. The summed E-state index contributed by atoms with van der Waals surface area (Å²) in [6.45, 7) is 12.1. The number of carbonyl (C=O) groups excluding carboxylic acids is 1. The third kappa shape index (κ3) is 4.21. The molecule has 4 heteroatoms. The van der Waals surface area contributed by atoms with E-state index in [0.717, 1.165) is 19.3 Å². The Morgan fingerprint density at radius 2 is 1.78 bits per heavy atom. The second-order valence-electron chi connectivity index (χ2n) is 6.54. The van der Waals surface area contributed by atoms with E-state index < -0.39 is 14.0 Å². The minimum Gasteiger partial charge on any atom is -0.293 e. The maximum Gasteiger partial charge on any atom is 0.373 e. The molecular weight excluding hydrogens is 304 g/mol. The van der Waals surface area contributed by atoms with Crippen LogP contribution >= 0.6 is 0 Å². The summed E-state index contributed by atoms with van der Waals surface area (Å²) in [7, 11) is -1.84. The van der Waals surface area contributed by atoms with Gasteiger partial charge in [0.15, 0.2) is 0 Å². The van der Waals surface area contributed by atoms with Crippen molar-refractivity contribution in [3.63, 3.8) is 0 Å². The smallest absolute Gasteiger partial charge is 0.293 e. The minimum atomic E-state index is -1.84. The van der Waals surface area contributed by atoms with Gasteiger partial charge in [-0.1, -0.05) is 55.0 Å². The highest BCUT2D eigenvalue weighted by Crippen LogP contribution is 2.26. The molecule has 1 aliphatic rings. The van der Waals surface area contributed by atoms with Gasteiger partial charge < -0.3 is 0 Å². The molecule has 1 fully saturated rings. The van der Waals surface area contributed by atoms with Gasteiger partial charge in [0.1, 0.15) is 14.2 Å². The summed E-state index contributed by atoms with van der Waals surface area (Å²) in [5.41, 5.74) is 4.45. The van der Waals surface area contributed by atoms with Gasteiger partial charge in [0.05, 0.1) is 5.56 Å². The molecule has 23 heavy (non-hydrogen) atoms. The quantitative estimate of drug-likeness (QED) is 0.448. The van der Waals surface area contributed by atoms with Crippen molar-refractivity contribution in [1.29, 1.82) is 0 Å². The predicted octanol–water partition coefficient (Wildman–Crippen LogP) is 4.09. The summed E-state index contributed by atoms with van der Waals surface area (Å²) < 4.78 is 0. The summed E-state index contributed by atoms with van der Waals surface area (Å²) >= 11 is 0. The molecule has 0 saturated heterocycles. The highest BCUT2D eigenvalue weighted by molar-refractivity contribution is 6.98. The van der Waals surface area contributed by atoms with E-state index in [9.17, 15) is 4.79 Å². The van der Waals surface area contributed by atoms with Gasteiger partial charge in [-0.05, 0) is 30.9 Å². The lowest BCUT2D eigenvalue weighted by Crippen LogP contribution is -2.40. The number of hydrogen-bond acceptors (Lipinski definition) is 3. The van der Waals surface area contributed by atoms with Gasteiger partial charge in [-0.15, -0.1) is 13.2 Å². The van der Waals surface area contributed by atoms with E-state index in [4.69, 9.17) is 9.78 Å². The molecule has 0 bridgehead atoms. The van der Waals surface area contributed by atoms with E-state index in [1.54, 1.807) is 12.1 Å². The Kier molecular flexibility index (Phi) is 5.96. The molecular formula is C19H26O3Si. The standard InChI is InChI=1S/C19H26O3Si/c1-5-23(4,6-2)17-13-11-16(12-14-17)19(20)22-21-18-10-8-7-9-15(18)3/h5-6,11-15,18H,1-2,7-10H2,3-4H3. The van der Waals surface area contributed by atoms with Crippen LogP contribution in [0.15, 0.2) is 48.8 Å². The van der Waals surface area contributed by atoms with Gasteiger partial charge in [0.25, 0.3) is 0 Å². The fraction of sp³-hybridized carbons (Fsp3) is 0.421. The van der Waals surface area contributed by atoms with Crippen molar-refractivity contribution in [3.8, 4) is 0 Å². The van der Waals surface area contributed by atoms with E-state index in [-0.39, 0.29) is 6.10 Å². The summed E-state index contributed by atoms with van der Waals surface area (Å²) in [6, 6.07) is 7.47. The molecule has 0 heterocycles. The second-order valence-corrected chi connectivity index (χ2v) is 10.5. The number of carbonyl (C=O) groups is 1. The van der Waals surface area contributed by atoms with Gasteiger partial charge in [0.2, 0.25) is 0 Å². The Bertz CT molecular complexity index is 556. The van der Waals surface area contributed by atoms with Crippen LogP contribution in [0.1, 0.15) is 43.0 Å². The van der Waals surface area contributed by atoms with E-state index >= 15 is 0 Å². The van der Waals surface area contributed by atoms with Gasteiger partial charge >= 0.3 is 5.97 Å². The molecule has 2 rings (SSSR count). The van der Waals surface area contributed by atoms with Gasteiger partial charge in [-0.2, -0.15) is 4.89 Å². The Hall–Kier alpha value is -1.65. The van der Waals surface area contributed by atoms with Crippen LogP contribution in [0.2, 0.25) is 6.55 Å². The summed E-state index contributed by atoms with van der Waals surface area (Å²) in [6.07, 6.45) is 4.46. The van der Waals surface area contributed by atoms with Crippen LogP contribution < -0.4 is 5.19 Å². The number of benzene rings is 1. The first-order valence-corrected chi connectivity index (χ1v) is 10.9. The van der Waals surface area contributed by atoms with Crippen molar-refractivity contribution in [2.75, 3.05) is 0 Å². The molecule has 0 aromatic heterocycles. The molecule has 0 radical (unpaired) electrons. The largest absolute Gasteiger partial charge is 0.373 e. The molecule has 0 N–H and O–H groups in total. The van der Waals surface area contributed by atoms with E-state index in [1.165, 1.54) is 11.6 Å². The molecule has 1 aliphatic carbocycles. The zero-order chi connectivity index (χ0) is 16.9. The number of hydrogen-bond donors (Lipinski definition) is 0.